The number of hydrogen-bond donors (Lipinski definition) is 0. The zero-order valence-electron chi connectivity index (χ0n) is 14.4. The summed E-state index contributed by atoms with van der Waals surface area (Å²) in [5.74, 6) is -0.132. The van der Waals surface area contributed by atoms with Gasteiger partial charge in [-0.25, -0.2) is 13.8 Å². The smallest absolute Gasteiger partial charge is 0.182 e. The quantitative estimate of drug-likeness (QED) is 0.446. The van der Waals surface area contributed by atoms with E-state index in [0.29, 0.717) is 22.8 Å². The molecule has 5 rings (SSSR count). The van der Waals surface area contributed by atoms with E-state index in [4.69, 9.17) is 4.42 Å². The van der Waals surface area contributed by atoms with Crippen LogP contribution in [0, 0.1) is 11.6 Å². The molecule has 2 aromatic carbocycles. The van der Waals surface area contributed by atoms with E-state index < -0.39 is 11.6 Å². The van der Waals surface area contributed by atoms with Crippen LogP contribution < -0.4 is 0 Å². The van der Waals surface area contributed by atoms with Crippen LogP contribution in [0.25, 0.3) is 39.6 Å². The second-order valence-corrected chi connectivity index (χ2v) is 6.19. The van der Waals surface area contributed by atoms with Crippen LogP contribution in [0.4, 0.5) is 8.78 Å². The lowest BCUT2D eigenvalue weighted by molar-refractivity contribution is 0.571. The Morgan fingerprint density at radius 1 is 0.857 bits per heavy atom. The van der Waals surface area contributed by atoms with Gasteiger partial charge in [0.2, 0.25) is 0 Å². The molecule has 0 aliphatic heterocycles. The fraction of sp³-hybridized carbons (Fsp3) is 0. The van der Waals surface area contributed by atoms with Crippen molar-refractivity contribution in [2.24, 2.45) is 0 Å². The third-order valence-corrected chi connectivity index (χ3v) is 4.45. The van der Waals surface area contributed by atoms with Crippen molar-refractivity contribution in [1.29, 1.82) is 0 Å². The van der Waals surface area contributed by atoms with E-state index >= 15 is 0 Å². The maximum absolute atomic E-state index is 14.2. The highest BCUT2D eigenvalue weighted by Crippen LogP contribution is 2.33. The standard InChI is InChI=1S/C21H12F2N4O/c22-15-7-8-17(23)16(10-15)19-20(28-12-24-19)14-6-9-18-25-26-21(27(18)11-14)13-4-2-1-3-5-13/h1-12H. The minimum absolute atomic E-state index is 0.0379. The first kappa shape index (κ1) is 16.3. The highest BCUT2D eigenvalue weighted by atomic mass is 19.1. The van der Waals surface area contributed by atoms with Gasteiger partial charge in [-0.05, 0) is 30.3 Å². The highest BCUT2D eigenvalue weighted by molar-refractivity contribution is 5.77. The lowest BCUT2D eigenvalue weighted by Crippen LogP contribution is -1.92. The van der Waals surface area contributed by atoms with Crippen molar-refractivity contribution >= 4 is 5.65 Å². The molecule has 0 unspecified atom stereocenters. The summed E-state index contributed by atoms with van der Waals surface area (Å²) in [6.45, 7) is 0. The number of nitrogens with zero attached hydrogens (tertiary/aromatic N) is 4. The molecular formula is C21H12F2N4O. The van der Waals surface area contributed by atoms with Gasteiger partial charge in [-0.15, -0.1) is 10.2 Å². The maximum atomic E-state index is 14.2. The third kappa shape index (κ3) is 2.64. The van der Waals surface area contributed by atoms with Crippen LogP contribution in [0.5, 0.6) is 0 Å². The molecule has 3 aromatic heterocycles. The van der Waals surface area contributed by atoms with Crippen molar-refractivity contribution in [2.45, 2.75) is 0 Å². The Balaban J connectivity index is 1.68. The number of fused-ring (bicyclic) bond motifs is 1. The molecule has 0 amide bonds. The number of oxazole rings is 1. The predicted octanol–water partition coefficient (Wildman–Crippen LogP) is 5.00. The Labute approximate surface area is 157 Å². The summed E-state index contributed by atoms with van der Waals surface area (Å²) in [5, 5.41) is 8.43. The van der Waals surface area contributed by atoms with Crippen molar-refractivity contribution < 1.29 is 13.2 Å². The molecule has 0 bridgehead atoms. The molecule has 28 heavy (non-hydrogen) atoms. The van der Waals surface area contributed by atoms with Gasteiger partial charge < -0.3 is 4.42 Å². The van der Waals surface area contributed by atoms with Gasteiger partial charge in [-0.1, -0.05) is 30.3 Å². The van der Waals surface area contributed by atoms with Crippen LogP contribution in [-0.4, -0.2) is 19.6 Å². The summed E-state index contributed by atoms with van der Waals surface area (Å²) < 4.78 is 35.2. The number of benzene rings is 2. The summed E-state index contributed by atoms with van der Waals surface area (Å²) in [4.78, 5) is 4.10. The van der Waals surface area contributed by atoms with Crippen molar-refractivity contribution in [2.75, 3.05) is 0 Å². The van der Waals surface area contributed by atoms with Crippen LogP contribution in [0.15, 0.2) is 77.7 Å². The van der Waals surface area contributed by atoms with Gasteiger partial charge in [-0.2, -0.15) is 0 Å². The van der Waals surface area contributed by atoms with Gasteiger partial charge in [0, 0.05) is 22.9 Å². The lowest BCUT2D eigenvalue weighted by Gasteiger charge is -2.05. The lowest BCUT2D eigenvalue weighted by atomic mass is 10.1. The molecular weight excluding hydrogens is 362 g/mol. The number of aromatic nitrogens is 4. The molecule has 0 spiro atoms. The first-order valence-corrected chi connectivity index (χ1v) is 8.50. The van der Waals surface area contributed by atoms with Crippen molar-refractivity contribution in [3.63, 3.8) is 0 Å². The average molecular weight is 374 g/mol. The van der Waals surface area contributed by atoms with E-state index in [1.54, 1.807) is 18.3 Å². The van der Waals surface area contributed by atoms with Gasteiger partial charge in [-0.3, -0.25) is 4.40 Å². The highest BCUT2D eigenvalue weighted by Gasteiger charge is 2.18. The fourth-order valence-corrected chi connectivity index (χ4v) is 3.13. The molecule has 0 aliphatic rings. The number of pyridine rings is 1. The van der Waals surface area contributed by atoms with Crippen LogP contribution in [0.3, 0.4) is 0 Å². The minimum atomic E-state index is -0.577. The van der Waals surface area contributed by atoms with Gasteiger partial charge in [0.1, 0.15) is 17.3 Å². The van der Waals surface area contributed by atoms with E-state index in [1.807, 2.05) is 34.7 Å². The number of halogens is 2. The second kappa shape index (κ2) is 6.38. The zero-order valence-corrected chi connectivity index (χ0v) is 14.4. The molecule has 5 aromatic rings. The average Bonchev–Trinajstić information content (AvgIpc) is 3.37. The number of hydrogen-bond acceptors (Lipinski definition) is 4. The minimum Gasteiger partial charge on any atom is -0.443 e. The van der Waals surface area contributed by atoms with Gasteiger partial charge in [0.25, 0.3) is 0 Å². The Hall–Kier alpha value is -3.87. The molecule has 0 radical (unpaired) electrons. The first-order valence-electron chi connectivity index (χ1n) is 8.50. The molecule has 5 nitrogen and oxygen atoms in total. The summed E-state index contributed by atoms with van der Waals surface area (Å²) in [6, 6.07) is 16.4. The Bertz CT molecular complexity index is 1290. The van der Waals surface area contributed by atoms with Gasteiger partial charge in [0.15, 0.2) is 23.6 Å². The van der Waals surface area contributed by atoms with E-state index in [-0.39, 0.29) is 11.3 Å². The maximum Gasteiger partial charge on any atom is 0.182 e. The van der Waals surface area contributed by atoms with E-state index in [1.165, 1.54) is 6.39 Å². The second-order valence-electron chi connectivity index (χ2n) is 6.19. The van der Waals surface area contributed by atoms with Crippen LogP contribution >= 0.6 is 0 Å². The van der Waals surface area contributed by atoms with Gasteiger partial charge in [0.05, 0.1) is 0 Å². The summed E-state index contributed by atoms with van der Waals surface area (Å²) in [7, 11) is 0. The first-order chi connectivity index (χ1) is 13.7. The molecule has 7 heteroatoms. The third-order valence-electron chi connectivity index (χ3n) is 4.45. The molecule has 136 valence electrons. The van der Waals surface area contributed by atoms with E-state index in [0.717, 1.165) is 23.8 Å². The Kier molecular flexibility index (Phi) is 3.72. The predicted molar refractivity (Wildman–Crippen MR) is 99.3 cm³/mol. The SMILES string of the molecule is Fc1ccc(F)c(-c2ncoc2-c2ccc3nnc(-c4ccccc4)n3c2)c1. The van der Waals surface area contributed by atoms with Crippen LogP contribution in [-0.2, 0) is 0 Å². The summed E-state index contributed by atoms with van der Waals surface area (Å²) in [5.41, 5.74) is 2.46. The zero-order chi connectivity index (χ0) is 19.1. The van der Waals surface area contributed by atoms with Crippen molar-refractivity contribution in [1.82, 2.24) is 19.6 Å². The largest absolute Gasteiger partial charge is 0.443 e. The normalized spacial score (nSPS) is 11.2. The van der Waals surface area contributed by atoms with E-state index in [2.05, 4.69) is 15.2 Å². The van der Waals surface area contributed by atoms with E-state index in [9.17, 15) is 8.78 Å². The molecule has 0 saturated carbocycles. The van der Waals surface area contributed by atoms with Crippen molar-refractivity contribution in [3.8, 4) is 34.0 Å². The summed E-state index contributed by atoms with van der Waals surface area (Å²) in [6.07, 6.45) is 3.00. The van der Waals surface area contributed by atoms with Crippen LogP contribution in [0.2, 0.25) is 0 Å². The molecule has 0 aliphatic carbocycles. The monoisotopic (exact) mass is 374 g/mol. The molecule has 0 atom stereocenters. The molecule has 0 N–H and O–H groups in total. The fourth-order valence-electron chi connectivity index (χ4n) is 3.13. The van der Waals surface area contributed by atoms with Gasteiger partial charge >= 0.3 is 0 Å². The molecule has 0 fully saturated rings. The Morgan fingerprint density at radius 3 is 2.57 bits per heavy atom. The molecule has 0 saturated heterocycles. The van der Waals surface area contributed by atoms with Crippen molar-refractivity contribution in [3.05, 3.63) is 84.9 Å². The topological polar surface area (TPSA) is 56.2 Å². The summed E-state index contributed by atoms with van der Waals surface area (Å²) >= 11 is 0. The Morgan fingerprint density at radius 2 is 1.71 bits per heavy atom. The molecule has 3 heterocycles. The van der Waals surface area contributed by atoms with Crippen LogP contribution in [0.1, 0.15) is 0 Å². The number of rotatable bonds is 3.